The molecule has 2 aliphatic carbocycles. The third kappa shape index (κ3) is 3.17. The summed E-state index contributed by atoms with van der Waals surface area (Å²) in [6.45, 7) is 0. The van der Waals surface area contributed by atoms with Gasteiger partial charge in [-0.15, -0.1) is 0 Å². The topological polar surface area (TPSA) is 89.3 Å². The summed E-state index contributed by atoms with van der Waals surface area (Å²) in [5, 5.41) is 8.35. The number of aryl methyl sites for hydroxylation is 1. The van der Waals surface area contributed by atoms with Crippen LogP contribution < -0.4 is 10.5 Å². The van der Waals surface area contributed by atoms with Crippen molar-refractivity contribution in [1.82, 2.24) is 5.32 Å². The third-order valence-corrected chi connectivity index (χ3v) is 5.71. The Morgan fingerprint density at radius 1 is 1.14 bits per heavy atom. The fourth-order valence-corrected chi connectivity index (χ4v) is 4.16. The summed E-state index contributed by atoms with van der Waals surface area (Å²) in [4.78, 5) is 12.5. The summed E-state index contributed by atoms with van der Waals surface area (Å²) in [7, 11) is -3.68. The van der Waals surface area contributed by atoms with Crippen LogP contribution in [0.4, 0.5) is 0 Å². The van der Waals surface area contributed by atoms with Gasteiger partial charge < -0.3 is 5.32 Å². The standard InChI is InChI=1S/C16H22N2O3S/c17-22(20,21)13-8-9-14-12(10-13)6-3-7-15(14)18-16(19)11-4-1-2-5-11/h8-11,15H,1-7H2,(H,18,19)(H2,17,20,21). The largest absolute Gasteiger partial charge is 0.349 e. The molecule has 1 unspecified atom stereocenters. The molecular weight excluding hydrogens is 300 g/mol. The molecule has 0 saturated heterocycles. The molecule has 2 aliphatic rings. The van der Waals surface area contributed by atoms with Gasteiger partial charge in [-0.25, -0.2) is 13.6 Å². The maximum Gasteiger partial charge on any atom is 0.238 e. The molecule has 1 amide bonds. The fraction of sp³-hybridized carbons (Fsp3) is 0.562. The van der Waals surface area contributed by atoms with Crippen LogP contribution in [0.15, 0.2) is 23.1 Å². The summed E-state index contributed by atoms with van der Waals surface area (Å²) < 4.78 is 22.9. The van der Waals surface area contributed by atoms with Crippen LogP contribution in [0.1, 0.15) is 55.7 Å². The molecule has 0 bridgehead atoms. The van der Waals surface area contributed by atoms with Crippen molar-refractivity contribution in [2.24, 2.45) is 11.1 Å². The van der Waals surface area contributed by atoms with Crippen molar-refractivity contribution in [2.45, 2.75) is 55.9 Å². The van der Waals surface area contributed by atoms with Gasteiger partial charge in [0.15, 0.2) is 0 Å². The fourth-order valence-electron chi connectivity index (χ4n) is 3.60. The second kappa shape index (κ2) is 6.01. The van der Waals surface area contributed by atoms with Crippen molar-refractivity contribution in [3.63, 3.8) is 0 Å². The molecule has 120 valence electrons. The van der Waals surface area contributed by atoms with Crippen LogP contribution in [0.5, 0.6) is 0 Å². The highest BCUT2D eigenvalue weighted by atomic mass is 32.2. The first-order valence-electron chi connectivity index (χ1n) is 7.91. The van der Waals surface area contributed by atoms with Crippen LogP contribution in [0.3, 0.4) is 0 Å². The van der Waals surface area contributed by atoms with Crippen LogP contribution in [-0.4, -0.2) is 14.3 Å². The van der Waals surface area contributed by atoms with Gasteiger partial charge >= 0.3 is 0 Å². The number of nitrogens with one attached hydrogen (secondary N) is 1. The number of nitrogens with two attached hydrogens (primary N) is 1. The summed E-state index contributed by atoms with van der Waals surface area (Å²) in [6.07, 6.45) is 6.91. The van der Waals surface area contributed by atoms with E-state index < -0.39 is 10.0 Å². The zero-order valence-electron chi connectivity index (χ0n) is 12.5. The van der Waals surface area contributed by atoms with E-state index in [1.807, 2.05) is 0 Å². The predicted molar refractivity (Wildman–Crippen MR) is 83.6 cm³/mol. The van der Waals surface area contributed by atoms with E-state index in [2.05, 4.69) is 5.32 Å². The van der Waals surface area contributed by atoms with Gasteiger partial charge in [-0.3, -0.25) is 4.79 Å². The Kier molecular flexibility index (Phi) is 4.23. The molecule has 0 heterocycles. The zero-order valence-corrected chi connectivity index (χ0v) is 13.4. The highest BCUT2D eigenvalue weighted by Crippen LogP contribution is 2.32. The lowest BCUT2D eigenvalue weighted by Crippen LogP contribution is -2.34. The quantitative estimate of drug-likeness (QED) is 0.892. The van der Waals surface area contributed by atoms with Crippen LogP contribution in [-0.2, 0) is 21.2 Å². The summed E-state index contributed by atoms with van der Waals surface area (Å²) in [5.41, 5.74) is 2.01. The number of primary sulfonamides is 1. The maximum absolute atomic E-state index is 12.3. The Bertz CT molecular complexity index is 679. The van der Waals surface area contributed by atoms with E-state index in [1.54, 1.807) is 12.1 Å². The molecule has 0 aliphatic heterocycles. The van der Waals surface area contributed by atoms with Crippen molar-refractivity contribution in [3.05, 3.63) is 29.3 Å². The van der Waals surface area contributed by atoms with E-state index in [0.29, 0.717) is 0 Å². The molecule has 3 rings (SSSR count). The minimum absolute atomic E-state index is 0.00798. The van der Waals surface area contributed by atoms with Gasteiger partial charge in [-0.1, -0.05) is 18.9 Å². The smallest absolute Gasteiger partial charge is 0.238 e. The molecule has 1 aromatic rings. The molecular formula is C16H22N2O3S. The number of hydrogen-bond acceptors (Lipinski definition) is 3. The van der Waals surface area contributed by atoms with Gasteiger partial charge in [-0.05, 0) is 55.4 Å². The van der Waals surface area contributed by atoms with Crippen molar-refractivity contribution in [3.8, 4) is 0 Å². The molecule has 1 fully saturated rings. The first-order valence-corrected chi connectivity index (χ1v) is 9.46. The highest BCUT2D eigenvalue weighted by Gasteiger charge is 2.28. The van der Waals surface area contributed by atoms with Crippen molar-refractivity contribution in [1.29, 1.82) is 0 Å². The van der Waals surface area contributed by atoms with Gasteiger partial charge in [0, 0.05) is 5.92 Å². The molecule has 5 nitrogen and oxygen atoms in total. The number of benzene rings is 1. The summed E-state index contributed by atoms with van der Waals surface area (Å²) >= 11 is 0. The molecule has 0 spiro atoms. The van der Waals surface area contributed by atoms with E-state index in [9.17, 15) is 13.2 Å². The van der Waals surface area contributed by atoms with Gasteiger partial charge in [0.25, 0.3) is 0 Å². The Morgan fingerprint density at radius 2 is 1.86 bits per heavy atom. The monoisotopic (exact) mass is 322 g/mol. The van der Waals surface area contributed by atoms with Crippen molar-refractivity contribution >= 4 is 15.9 Å². The van der Waals surface area contributed by atoms with E-state index in [4.69, 9.17) is 5.14 Å². The Labute approximate surface area is 131 Å². The first-order chi connectivity index (χ1) is 10.4. The lowest BCUT2D eigenvalue weighted by Gasteiger charge is -2.28. The normalized spacial score (nSPS) is 22.3. The number of amides is 1. The number of fused-ring (bicyclic) bond motifs is 1. The van der Waals surface area contributed by atoms with Crippen LogP contribution in [0.2, 0.25) is 0 Å². The maximum atomic E-state index is 12.3. The molecule has 3 N–H and O–H groups in total. The van der Waals surface area contributed by atoms with Gasteiger partial charge in [0.05, 0.1) is 10.9 Å². The van der Waals surface area contributed by atoms with Crippen LogP contribution in [0.25, 0.3) is 0 Å². The summed E-state index contributed by atoms with van der Waals surface area (Å²) in [6, 6.07) is 4.98. The Morgan fingerprint density at radius 3 is 2.55 bits per heavy atom. The van der Waals surface area contributed by atoms with E-state index >= 15 is 0 Å². The first kappa shape index (κ1) is 15.5. The number of rotatable bonds is 3. The molecule has 0 aromatic heterocycles. The van der Waals surface area contributed by atoms with Crippen LogP contribution in [0, 0.1) is 5.92 Å². The minimum Gasteiger partial charge on any atom is -0.349 e. The predicted octanol–water partition coefficient (Wildman–Crippen LogP) is 2.02. The van der Waals surface area contributed by atoms with Crippen molar-refractivity contribution in [2.75, 3.05) is 0 Å². The van der Waals surface area contributed by atoms with E-state index in [0.717, 1.165) is 56.1 Å². The molecule has 1 saturated carbocycles. The van der Waals surface area contributed by atoms with E-state index in [1.165, 1.54) is 6.07 Å². The highest BCUT2D eigenvalue weighted by molar-refractivity contribution is 7.89. The Balaban J connectivity index is 1.80. The number of carbonyl (C=O) groups is 1. The minimum atomic E-state index is -3.68. The van der Waals surface area contributed by atoms with Gasteiger partial charge in [0.1, 0.15) is 0 Å². The lowest BCUT2D eigenvalue weighted by atomic mass is 9.87. The zero-order chi connectivity index (χ0) is 15.7. The SMILES string of the molecule is NS(=O)(=O)c1ccc2c(c1)CCCC2NC(=O)C1CCCC1. The van der Waals surface area contributed by atoms with Gasteiger partial charge in [0.2, 0.25) is 15.9 Å². The molecule has 0 radical (unpaired) electrons. The molecule has 1 atom stereocenters. The number of hydrogen-bond donors (Lipinski definition) is 2. The molecule has 22 heavy (non-hydrogen) atoms. The van der Waals surface area contributed by atoms with Crippen molar-refractivity contribution < 1.29 is 13.2 Å². The van der Waals surface area contributed by atoms with Crippen LogP contribution >= 0.6 is 0 Å². The third-order valence-electron chi connectivity index (χ3n) is 4.80. The second-order valence-electron chi connectivity index (χ2n) is 6.34. The molecule has 1 aromatic carbocycles. The molecule has 6 heteroatoms. The number of sulfonamides is 1. The number of carbonyl (C=O) groups excluding carboxylic acids is 1. The van der Waals surface area contributed by atoms with E-state index in [-0.39, 0.29) is 22.8 Å². The Hall–Kier alpha value is -1.40. The second-order valence-corrected chi connectivity index (χ2v) is 7.90. The van der Waals surface area contributed by atoms with Gasteiger partial charge in [-0.2, -0.15) is 0 Å². The average molecular weight is 322 g/mol. The lowest BCUT2D eigenvalue weighted by molar-refractivity contribution is -0.125. The summed E-state index contributed by atoms with van der Waals surface area (Å²) in [5.74, 6) is 0.292. The average Bonchev–Trinajstić information content (AvgIpc) is 3.00.